The fraction of sp³-hybridized carbons (Fsp3) is 0.562. The van der Waals surface area contributed by atoms with E-state index in [0.717, 1.165) is 0 Å². The van der Waals surface area contributed by atoms with Crippen LogP contribution in [0.5, 0.6) is 0 Å². The minimum Gasteiger partial charge on any atom is -0.444 e. The highest BCUT2D eigenvalue weighted by molar-refractivity contribution is 5.69. The molecule has 1 N–H and O–H groups in total. The molecular formula is C16H24N2O2. The smallest absolute Gasteiger partial charge is 0.410 e. The van der Waals surface area contributed by atoms with Gasteiger partial charge in [-0.1, -0.05) is 30.3 Å². The fourth-order valence-corrected chi connectivity index (χ4v) is 2.25. The Labute approximate surface area is 121 Å². The predicted molar refractivity (Wildman–Crippen MR) is 79.6 cm³/mol. The first-order valence-corrected chi connectivity index (χ1v) is 7.14. The number of likely N-dealkylation sites (tertiary alicyclic amines) is 1. The molecule has 2 rings (SSSR count). The zero-order valence-electron chi connectivity index (χ0n) is 12.7. The van der Waals surface area contributed by atoms with Gasteiger partial charge in [-0.25, -0.2) is 4.79 Å². The topological polar surface area (TPSA) is 41.6 Å². The maximum absolute atomic E-state index is 11.8. The lowest BCUT2D eigenvalue weighted by Crippen LogP contribution is -2.60. The van der Waals surface area contributed by atoms with Crippen molar-refractivity contribution in [3.8, 4) is 0 Å². The van der Waals surface area contributed by atoms with E-state index < -0.39 is 5.60 Å². The van der Waals surface area contributed by atoms with Gasteiger partial charge in [0.15, 0.2) is 0 Å². The standard InChI is InChI=1S/C16H24N2O2/c1-12(13-8-6-5-7-9-13)17-14-10-18(11-14)15(19)20-16(2,3)4/h5-9,12,14,17H,10-11H2,1-4H3/t12-/m1/s1. The van der Waals surface area contributed by atoms with Crippen LogP contribution >= 0.6 is 0 Å². The third kappa shape index (κ3) is 3.97. The number of benzene rings is 1. The summed E-state index contributed by atoms with van der Waals surface area (Å²) in [5, 5.41) is 3.53. The van der Waals surface area contributed by atoms with Gasteiger partial charge in [-0.2, -0.15) is 0 Å². The van der Waals surface area contributed by atoms with Crippen molar-refractivity contribution in [2.45, 2.75) is 45.4 Å². The van der Waals surface area contributed by atoms with Crippen LogP contribution in [0.2, 0.25) is 0 Å². The van der Waals surface area contributed by atoms with Crippen LogP contribution in [0.3, 0.4) is 0 Å². The monoisotopic (exact) mass is 276 g/mol. The number of rotatable bonds is 3. The van der Waals surface area contributed by atoms with Crippen LogP contribution in [0, 0.1) is 0 Å². The lowest BCUT2D eigenvalue weighted by molar-refractivity contribution is 0.00434. The summed E-state index contributed by atoms with van der Waals surface area (Å²) in [5.41, 5.74) is 0.843. The first-order valence-electron chi connectivity index (χ1n) is 7.14. The SMILES string of the molecule is C[C@@H](NC1CN(C(=O)OC(C)(C)C)C1)c1ccccc1. The number of hydrogen-bond donors (Lipinski definition) is 1. The second kappa shape index (κ2) is 5.83. The number of hydrogen-bond acceptors (Lipinski definition) is 3. The van der Waals surface area contributed by atoms with E-state index in [1.165, 1.54) is 5.56 Å². The lowest BCUT2D eigenvalue weighted by atomic mass is 10.0. The molecule has 0 aliphatic carbocycles. The van der Waals surface area contributed by atoms with Crippen molar-refractivity contribution in [1.29, 1.82) is 0 Å². The van der Waals surface area contributed by atoms with Crippen molar-refractivity contribution in [1.82, 2.24) is 10.2 Å². The van der Waals surface area contributed by atoms with Crippen LogP contribution in [0.4, 0.5) is 4.79 Å². The Hall–Kier alpha value is -1.55. The molecule has 1 aliphatic heterocycles. The molecule has 0 radical (unpaired) electrons. The highest BCUT2D eigenvalue weighted by atomic mass is 16.6. The van der Waals surface area contributed by atoms with Crippen molar-refractivity contribution in [3.63, 3.8) is 0 Å². The molecule has 0 saturated carbocycles. The van der Waals surface area contributed by atoms with Gasteiger partial charge in [0.1, 0.15) is 5.60 Å². The van der Waals surface area contributed by atoms with Crippen molar-refractivity contribution >= 4 is 6.09 Å². The van der Waals surface area contributed by atoms with Crippen molar-refractivity contribution in [3.05, 3.63) is 35.9 Å². The van der Waals surface area contributed by atoms with Crippen LogP contribution in [0.15, 0.2) is 30.3 Å². The van der Waals surface area contributed by atoms with E-state index in [2.05, 4.69) is 24.4 Å². The minimum atomic E-state index is -0.424. The molecule has 1 heterocycles. The highest BCUT2D eigenvalue weighted by Crippen LogP contribution is 2.18. The maximum Gasteiger partial charge on any atom is 0.410 e. The van der Waals surface area contributed by atoms with Crippen LogP contribution in [-0.2, 0) is 4.74 Å². The van der Waals surface area contributed by atoms with Gasteiger partial charge in [-0.3, -0.25) is 0 Å². The summed E-state index contributed by atoms with van der Waals surface area (Å²) in [4.78, 5) is 13.6. The molecule has 0 spiro atoms. The summed E-state index contributed by atoms with van der Waals surface area (Å²) in [6.45, 7) is 9.23. The molecule has 0 bridgehead atoms. The Kier molecular flexibility index (Phi) is 4.33. The van der Waals surface area contributed by atoms with Crippen LogP contribution in [-0.4, -0.2) is 35.7 Å². The molecule has 1 atom stereocenters. The fourth-order valence-electron chi connectivity index (χ4n) is 2.25. The lowest BCUT2D eigenvalue weighted by Gasteiger charge is -2.41. The van der Waals surface area contributed by atoms with E-state index in [-0.39, 0.29) is 6.09 Å². The second-order valence-electron chi connectivity index (χ2n) is 6.38. The first-order chi connectivity index (χ1) is 9.35. The number of ether oxygens (including phenoxy) is 1. The zero-order chi connectivity index (χ0) is 14.8. The Morgan fingerprint density at radius 3 is 2.45 bits per heavy atom. The number of nitrogens with one attached hydrogen (secondary N) is 1. The summed E-state index contributed by atoms with van der Waals surface area (Å²) in [7, 11) is 0. The Bertz CT molecular complexity index is 447. The van der Waals surface area contributed by atoms with Gasteiger partial charge >= 0.3 is 6.09 Å². The van der Waals surface area contributed by atoms with Gasteiger partial charge in [-0.05, 0) is 33.3 Å². The number of nitrogens with zero attached hydrogens (tertiary/aromatic N) is 1. The molecular weight excluding hydrogens is 252 g/mol. The third-order valence-electron chi connectivity index (χ3n) is 3.32. The average molecular weight is 276 g/mol. The van der Waals surface area contributed by atoms with Crippen molar-refractivity contribution in [2.24, 2.45) is 0 Å². The van der Waals surface area contributed by atoms with Gasteiger partial charge < -0.3 is 15.0 Å². The number of amides is 1. The normalized spacial score (nSPS) is 17.5. The van der Waals surface area contributed by atoms with E-state index in [1.54, 1.807) is 4.90 Å². The Morgan fingerprint density at radius 1 is 1.30 bits per heavy atom. The molecule has 0 unspecified atom stereocenters. The molecule has 1 fully saturated rings. The minimum absolute atomic E-state index is 0.220. The van der Waals surface area contributed by atoms with Crippen LogP contribution < -0.4 is 5.32 Å². The Morgan fingerprint density at radius 2 is 1.90 bits per heavy atom. The predicted octanol–water partition coefficient (Wildman–Crippen LogP) is 2.96. The van der Waals surface area contributed by atoms with Gasteiger partial charge in [0.2, 0.25) is 0 Å². The molecule has 0 aromatic heterocycles. The maximum atomic E-state index is 11.8. The second-order valence-corrected chi connectivity index (χ2v) is 6.38. The Balaban J connectivity index is 1.76. The van der Waals surface area contributed by atoms with Gasteiger partial charge in [0.05, 0.1) is 0 Å². The first kappa shape index (κ1) is 14.9. The molecule has 1 aromatic rings. The zero-order valence-corrected chi connectivity index (χ0v) is 12.7. The average Bonchev–Trinajstić information content (AvgIpc) is 2.31. The molecule has 110 valence electrons. The largest absolute Gasteiger partial charge is 0.444 e. The van der Waals surface area contributed by atoms with E-state index in [1.807, 2.05) is 39.0 Å². The molecule has 4 nitrogen and oxygen atoms in total. The van der Waals surface area contributed by atoms with Gasteiger partial charge in [0, 0.05) is 25.2 Å². The molecule has 1 aromatic carbocycles. The van der Waals surface area contributed by atoms with Gasteiger partial charge in [-0.15, -0.1) is 0 Å². The molecule has 20 heavy (non-hydrogen) atoms. The molecule has 1 amide bonds. The quantitative estimate of drug-likeness (QED) is 0.923. The van der Waals surface area contributed by atoms with Gasteiger partial charge in [0.25, 0.3) is 0 Å². The summed E-state index contributed by atoms with van der Waals surface area (Å²) in [6.07, 6.45) is -0.220. The van der Waals surface area contributed by atoms with E-state index in [9.17, 15) is 4.79 Å². The molecule has 1 saturated heterocycles. The van der Waals surface area contributed by atoms with Crippen LogP contribution in [0.25, 0.3) is 0 Å². The third-order valence-corrected chi connectivity index (χ3v) is 3.32. The van der Waals surface area contributed by atoms with E-state index in [0.29, 0.717) is 25.2 Å². The molecule has 4 heteroatoms. The van der Waals surface area contributed by atoms with Crippen molar-refractivity contribution < 1.29 is 9.53 Å². The summed E-state index contributed by atoms with van der Waals surface area (Å²) >= 11 is 0. The van der Waals surface area contributed by atoms with E-state index >= 15 is 0 Å². The number of carbonyl (C=O) groups is 1. The summed E-state index contributed by atoms with van der Waals surface area (Å²) < 4.78 is 5.34. The summed E-state index contributed by atoms with van der Waals surface area (Å²) in [6, 6.07) is 11.0. The number of carbonyl (C=O) groups excluding carboxylic acids is 1. The molecule has 1 aliphatic rings. The highest BCUT2D eigenvalue weighted by Gasteiger charge is 2.34. The van der Waals surface area contributed by atoms with E-state index in [4.69, 9.17) is 4.74 Å². The summed E-state index contributed by atoms with van der Waals surface area (Å²) in [5.74, 6) is 0. The van der Waals surface area contributed by atoms with Crippen LogP contribution in [0.1, 0.15) is 39.3 Å². The van der Waals surface area contributed by atoms with Crippen molar-refractivity contribution in [2.75, 3.05) is 13.1 Å².